The van der Waals surface area contributed by atoms with Crippen LogP contribution in [-0.4, -0.2) is 52.3 Å². The highest BCUT2D eigenvalue weighted by molar-refractivity contribution is 5.80. The van der Waals surface area contributed by atoms with Gasteiger partial charge in [0.1, 0.15) is 5.75 Å². The lowest BCUT2D eigenvalue weighted by molar-refractivity contribution is 0.415. The molecule has 1 unspecified atom stereocenters. The number of nitrogens with zero attached hydrogens (tertiary/aromatic N) is 2. The van der Waals surface area contributed by atoms with Crippen LogP contribution >= 0.6 is 0 Å². The predicted molar refractivity (Wildman–Crippen MR) is 118 cm³/mol. The summed E-state index contributed by atoms with van der Waals surface area (Å²) < 4.78 is 5.50. The van der Waals surface area contributed by atoms with Crippen molar-refractivity contribution in [3.63, 3.8) is 0 Å². The third-order valence-corrected chi connectivity index (χ3v) is 4.93. The Morgan fingerprint density at radius 3 is 2.68 bits per heavy atom. The largest absolute Gasteiger partial charge is 0.495 e. The van der Waals surface area contributed by atoms with E-state index in [-0.39, 0.29) is 0 Å². The zero-order chi connectivity index (χ0) is 19.6. The first-order valence-electron chi connectivity index (χ1n) is 9.94. The highest BCUT2D eigenvalue weighted by atomic mass is 16.5. The first-order valence-corrected chi connectivity index (χ1v) is 9.94. The normalized spacial score (nSPS) is 16.7. The van der Waals surface area contributed by atoms with Crippen molar-refractivity contribution in [2.45, 2.75) is 18.9 Å². The summed E-state index contributed by atoms with van der Waals surface area (Å²) >= 11 is 0. The minimum absolute atomic E-state index is 0.374. The fourth-order valence-corrected chi connectivity index (χ4v) is 3.46. The number of methoxy groups -OCH3 is 1. The first kappa shape index (κ1) is 19.9. The van der Waals surface area contributed by atoms with Crippen LogP contribution in [-0.2, 0) is 0 Å². The molecule has 6 nitrogen and oxygen atoms in total. The summed E-state index contributed by atoms with van der Waals surface area (Å²) in [5.41, 5.74) is 2.32. The van der Waals surface area contributed by atoms with Crippen molar-refractivity contribution < 1.29 is 4.74 Å². The standard InChI is InChI=1S/C22H31N5O/c1-23-22(25-15-8-14-24-18-9-4-3-5-10-18)26-19-13-16-27(17-19)20-11-6-7-12-21(20)28-2/h3-7,9-12,19,24H,8,13-17H2,1-2H3,(H2,23,25,26). The van der Waals surface area contributed by atoms with E-state index in [0.29, 0.717) is 6.04 Å². The zero-order valence-electron chi connectivity index (χ0n) is 16.8. The van der Waals surface area contributed by atoms with Crippen LogP contribution in [0, 0.1) is 0 Å². The molecule has 1 aliphatic heterocycles. The van der Waals surface area contributed by atoms with Gasteiger partial charge in [0, 0.05) is 45.0 Å². The molecule has 0 radical (unpaired) electrons. The molecule has 0 amide bonds. The van der Waals surface area contributed by atoms with Gasteiger partial charge in [0.15, 0.2) is 5.96 Å². The molecular formula is C22H31N5O. The van der Waals surface area contributed by atoms with E-state index < -0.39 is 0 Å². The number of para-hydroxylation sites is 3. The van der Waals surface area contributed by atoms with E-state index in [9.17, 15) is 0 Å². The molecule has 1 aliphatic rings. The topological polar surface area (TPSA) is 60.9 Å². The van der Waals surface area contributed by atoms with E-state index in [4.69, 9.17) is 4.74 Å². The first-order chi connectivity index (χ1) is 13.8. The van der Waals surface area contributed by atoms with Gasteiger partial charge in [-0.3, -0.25) is 4.99 Å². The average Bonchev–Trinajstić information content (AvgIpc) is 3.21. The maximum atomic E-state index is 5.50. The van der Waals surface area contributed by atoms with Crippen molar-refractivity contribution in [2.24, 2.45) is 4.99 Å². The second-order valence-electron chi connectivity index (χ2n) is 6.89. The summed E-state index contributed by atoms with van der Waals surface area (Å²) in [7, 11) is 3.55. The smallest absolute Gasteiger partial charge is 0.191 e. The van der Waals surface area contributed by atoms with Crippen LogP contribution < -0.4 is 25.6 Å². The predicted octanol–water partition coefficient (Wildman–Crippen LogP) is 2.94. The van der Waals surface area contributed by atoms with Crippen LogP contribution in [0.25, 0.3) is 0 Å². The monoisotopic (exact) mass is 381 g/mol. The second kappa shape index (κ2) is 10.4. The molecule has 28 heavy (non-hydrogen) atoms. The molecule has 150 valence electrons. The van der Waals surface area contributed by atoms with Crippen molar-refractivity contribution in [3.05, 3.63) is 54.6 Å². The van der Waals surface area contributed by atoms with E-state index in [0.717, 1.165) is 62.1 Å². The number of anilines is 2. The lowest BCUT2D eigenvalue weighted by atomic mass is 10.2. The third-order valence-electron chi connectivity index (χ3n) is 4.93. The number of rotatable bonds is 8. The lowest BCUT2D eigenvalue weighted by Crippen LogP contribution is -2.45. The van der Waals surface area contributed by atoms with Crippen LogP contribution in [0.2, 0.25) is 0 Å². The van der Waals surface area contributed by atoms with Gasteiger partial charge >= 0.3 is 0 Å². The Bertz CT molecular complexity index is 750. The molecule has 2 aromatic carbocycles. The highest BCUT2D eigenvalue weighted by Gasteiger charge is 2.25. The number of nitrogens with one attached hydrogen (secondary N) is 3. The number of benzene rings is 2. The van der Waals surface area contributed by atoms with Crippen LogP contribution in [0.5, 0.6) is 5.75 Å². The molecule has 3 N–H and O–H groups in total. The van der Waals surface area contributed by atoms with Crippen molar-refractivity contribution in [1.29, 1.82) is 0 Å². The van der Waals surface area contributed by atoms with Gasteiger partial charge in [0.2, 0.25) is 0 Å². The maximum Gasteiger partial charge on any atom is 0.191 e. The van der Waals surface area contributed by atoms with E-state index in [1.165, 1.54) is 0 Å². The maximum absolute atomic E-state index is 5.50. The van der Waals surface area contributed by atoms with Crippen LogP contribution in [0.15, 0.2) is 59.6 Å². The molecule has 1 saturated heterocycles. The minimum Gasteiger partial charge on any atom is -0.495 e. The number of hydrogen-bond acceptors (Lipinski definition) is 4. The third kappa shape index (κ3) is 5.55. The second-order valence-corrected chi connectivity index (χ2v) is 6.89. The highest BCUT2D eigenvalue weighted by Crippen LogP contribution is 2.30. The van der Waals surface area contributed by atoms with Gasteiger partial charge in [-0.25, -0.2) is 0 Å². The van der Waals surface area contributed by atoms with Gasteiger partial charge in [0.05, 0.1) is 12.8 Å². The van der Waals surface area contributed by atoms with E-state index in [2.05, 4.69) is 50.1 Å². The van der Waals surface area contributed by atoms with Gasteiger partial charge in [-0.2, -0.15) is 0 Å². The Hall–Kier alpha value is -2.89. The number of hydrogen-bond donors (Lipinski definition) is 3. The number of ether oxygens (including phenoxy) is 1. The van der Waals surface area contributed by atoms with Gasteiger partial charge in [0.25, 0.3) is 0 Å². The summed E-state index contributed by atoms with van der Waals surface area (Å²) in [5.74, 6) is 1.79. The van der Waals surface area contributed by atoms with Crippen LogP contribution in [0.3, 0.4) is 0 Å². The SMILES string of the molecule is CN=C(NCCCNc1ccccc1)NC1CCN(c2ccccc2OC)C1. The number of guanidine groups is 1. The fourth-order valence-electron chi connectivity index (χ4n) is 3.46. The number of aliphatic imine (C=N–C) groups is 1. The molecule has 0 aromatic heterocycles. The summed E-state index contributed by atoms with van der Waals surface area (Å²) in [5, 5.41) is 10.4. The molecular weight excluding hydrogens is 350 g/mol. The summed E-state index contributed by atoms with van der Waals surface area (Å²) in [6, 6.07) is 18.9. The lowest BCUT2D eigenvalue weighted by Gasteiger charge is -2.22. The zero-order valence-corrected chi connectivity index (χ0v) is 16.8. The van der Waals surface area contributed by atoms with Crippen molar-refractivity contribution in [3.8, 4) is 5.75 Å². The Kier molecular flexibility index (Phi) is 7.41. The molecule has 1 fully saturated rings. The van der Waals surface area contributed by atoms with Crippen LogP contribution in [0.4, 0.5) is 11.4 Å². The fraction of sp³-hybridized carbons (Fsp3) is 0.409. The van der Waals surface area contributed by atoms with Crippen molar-refractivity contribution >= 4 is 17.3 Å². The summed E-state index contributed by atoms with van der Waals surface area (Å²) in [4.78, 5) is 6.74. The van der Waals surface area contributed by atoms with E-state index in [1.54, 1.807) is 7.11 Å². The van der Waals surface area contributed by atoms with Crippen molar-refractivity contribution in [1.82, 2.24) is 10.6 Å². The Morgan fingerprint density at radius 2 is 1.89 bits per heavy atom. The molecule has 1 atom stereocenters. The van der Waals surface area contributed by atoms with E-state index in [1.807, 2.05) is 37.4 Å². The molecule has 3 rings (SSSR count). The molecule has 0 aliphatic carbocycles. The molecule has 0 spiro atoms. The summed E-state index contributed by atoms with van der Waals surface area (Å²) in [6.45, 7) is 3.76. The van der Waals surface area contributed by atoms with Gasteiger partial charge in [-0.1, -0.05) is 30.3 Å². The van der Waals surface area contributed by atoms with E-state index >= 15 is 0 Å². The molecule has 1 heterocycles. The van der Waals surface area contributed by atoms with Crippen molar-refractivity contribution in [2.75, 3.05) is 50.6 Å². The van der Waals surface area contributed by atoms with Gasteiger partial charge in [-0.15, -0.1) is 0 Å². The molecule has 0 bridgehead atoms. The van der Waals surface area contributed by atoms with Gasteiger partial charge < -0.3 is 25.6 Å². The molecule has 6 heteroatoms. The Morgan fingerprint density at radius 1 is 1.11 bits per heavy atom. The Balaban J connectivity index is 1.39. The molecule has 0 saturated carbocycles. The Labute approximate surface area is 168 Å². The summed E-state index contributed by atoms with van der Waals surface area (Å²) in [6.07, 6.45) is 2.10. The quantitative estimate of drug-likeness (QED) is 0.373. The van der Waals surface area contributed by atoms with Gasteiger partial charge in [-0.05, 0) is 37.1 Å². The van der Waals surface area contributed by atoms with Crippen LogP contribution in [0.1, 0.15) is 12.8 Å². The minimum atomic E-state index is 0.374. The molecule has 2 aromatic rings. The average molecular weight is 382 g/mol.